The highest BCUT2D eigenvalue weighted by Gasteiger charge is 2.38. The molecule has 2 rings (SSSR count). The van der Waals surface area contributed by atoms with Gasteiger partial charge in [0.25, 0.3) is 5.91 Å². The van der Waals surface area contributed by atoms with Crippen molar-refractivity contribution in [1.82, 2.24) is 4.90 Å². The van der Waals surface area contributed by atoms with Crippen LogP contribution in [0.5, 0.6) is 0 Å². The highest BCUT2D eigenvalue weighted by molar-refractivity contribution is 6.01. The van der Waals surface area contributed by atoms with Crippen LogP contribution in [0.3, 0.4) is 0 Å². The molecule has 0 aromatic heterocycles. The van der Waals surface area contributed by atoms with E-state index in [0.29, 0.717) is 0 Å². The Bertz CT molecular complexity index is 643. The maximum Gasteiger partial charge on any atom is 0.490 e. The van der Waals surface area contributed by atoms with Gasteiger partial charge in [-0.1, -0.05) is 30.3 Å². The van der Waals surface area contributed by atoms with E-state index in [1.165, 1.54) is 0 Å². The van der Waals surface area contributed by atoms with Gasteiger partial charge in [0.2, 0.25) is 0 Å². The summed E-state index contributed by atoms with van der Waals surface area (Å²) >= 11 is 0. The van der Waals surface area contributed by atoms with Crippen molar-refractivity contribution in [2.45, 2.75) is 19.0 Å². The quantitative estimate of drug-likeness (QED) is 0.663. The van der Waals surface area contributed by atoms with Crippen LogP contribution in [-0.4, -0.2) is 41.1 Å². The molecule has 0 atom stereocenters. The van der Waals surface area contributed by atoms with Gasteiger partial charge in [-0.2, -0.15) is 18.4 Å². The smallest absolute Gasteiger partial charge is 0.475 e. The number of likely N-dealkylation sites (tertiary alicyclic amines) is 1. The molecule has 1 saturated heterocycles. The number of alkyl halides is 3. The van der Waals surface area contributed by atoms with Crippen molar-refractivity contribution in [3.8, 4) is 6.07 Å². The van der Waals surface area contributed by atoms with Crippen LogP contribution in [0.2, 0.25) is 0 Å². The van der Waals surface area contributed by atoms with Gasteiger partial charge in [0, 0.05) is 13.1 Å². The van der Waals surface area contributed by atoms with Gasteiger partial charge in [0.15, 0.2) is 0 Å². The molecular weight excluding hydrogens is 325 g/mol. The summed E-state index contributed by atoms with van der Waals surface area (Å²) in [5.41, 5.74) is 1.11. The molecule has 0 saturated carbocycles. The van der Waals surface area contributed by atoms with Crippen molar-refractivity contribution >= 4 is 18.0 Å². The molecule has 1 heterocycles. The number of halogens is 3. The molecule has 8 heteroatoms. The standard InChI is InChI=1S/C14H14N2O.C2HF3O2/c15-11-13(10-12-6-2-1-3-7-12)14(17)16-8-4-5-9-16;3-2(4,5)1(6)7/h1-3,6-7,10H,4-5,8-9H2;(H,6,7). The summed E-state index contributed by atoms with van der Waals surface area (Å²) in [5, 5.41) is 16.2. The number of hydrogen-bond acceptors (Lipinski definition) is 3. The summed E-state index contributed by atoms with van der Waals surface area (Å²) in [6.07, 6.45) is -1.35. The maximum absolute atomic E-state index is 12.0. The van der Waals surface area contributed by atoms with Gasteiger partial charge in [-0.25, -0.2) is 4.79 Å². The zero-order valence-corrected chi connectivity index (χ0v) is 12.6. The monoisotopic (exact) mass is 340 g/mol. The van der Waals surface area contributed by atoms with Crippen LogP contribution in [0.4, 0.5) is 13.2 Å². The molecule has 1 N–H and O–H groups in total. The number of carbonyl (C=O) groups is 2. The van der Waals surface area contributed by atoms with Crippen LogP contribution < -0.4 is 0 Å². The number of carbonyl (C=O) groups excluding carboxylic acids is 1. The Balaban J connectivity index is 0.000000351. The lowest BCUT2D eigenvalue weighted by atomic mass is 10.1. The van der Waals surface area contributed by atoms with E-state index in [2.05, 4.69) is 0 Å². The lowest BCUT2D eigenvalue weighted by molar-refractivity contribution is -0.192. The Morgan fingerprint density at radius 1 is 1.17 bits per heavy atom. The normalized spacial score (nSPS) is 14.4. The van der Waals surface area contributed by atoms with Crippen molar-refractivity contribution in [2.75, 3.05) is 13.1 Å². The second kappa shape index (κ2) is 8.72. The molecule has 1 aromatic carbocycles. The van der Waals surface area contributed by atoms with Crippen LogP contribution in [0.25, 0.3) is 6.08 Å². The van der Waals surface area contributed by atoms with Crippen LogP contribution >= 0.6 is 0 Å². The van der Waals surface area contributed by atoms with Gasteiger partial charge >= 0.3 is 12.1 Å². The molecule has 128 valence electrons. The van der Waals surface area contributed by atoms with E-state index in [-0.39, 0.29) is 11.5 Å². The van der Waals surface area contributed by atoms with Crippen LogP contribution in [0, 0.1) is 11.3 Å². The molecule has 1 aromatic rings. The number of aliphatic carboxylic acids is 1. The Labute approximate surface area is 136 Å². The number of nitriles is 1. The number of carboxylic acid groups (broad SMARTS) is 1. The fraction of sp³-hybridized carbons (Fsp3) is 0.312. The lowest BCUT2D eigenvalue weighted by Crippen LogP contribution is -2.28. The minimum atomic E-state index is -5.08. The summed E-state index contributed by atoms with van der Waals surface area (Å²) in [7, 11) is 0. The first-order valence-corrected chi connectivity index (χ1v) is 7.02. The molecule has 0 spiro atoms. The molecule has 1 amide bonds. The Morgan fingerprint density at radius 2 is 1.67 bits per heavy atom. The molecule has 0 unspecified atom stereocenters. The van der Waals surface area contributed by atoms with Crippen molar-refractivity contribution in [2.24, 2.45) is 0 Å². The molecule has 24 heavy (non-hydrogen) atoms. The lowest BCUT2D eigenvalue weighted by Gasteiger charge is -2.13. The SMILES string of the molecule is N#CC(=Cc1ccccc1)C(=O)N1CCCC1.O=C(O)C(F)(F)F. The fourth-order valence-electron chi connectivity index (χ4n) is 1.95. The van der Waals surface area contributed by atoms with Crippen molar-refractivity contribution in [1.29, 1.82) is 5.26 Å². The highest BCUT2D eigenvalue weighted by atomic mass is 19.4. The van der Waals surface area contributed by atoms with E-state index in [1.54, 1.807) is 11.0 Å². The van der Waals surface area contributed by atoms with E-state index < -0.39 is 12.1 Å². The first-order valence-electron chi connectivity index (χ1n) is 7.02. The third-order valence-electron chi connectivity index (χ3n) is 3.10. The third-order valence-corrected chi connectivity index (χ3v) is 3.10. The van der Waals surface area contributed by atoms with Crippen molar-refractivity contribution < 1.29 is 27.9 Å². The number of nitrogens with zero attached hydrogens (tertiary/aromatic N) is 2. The predicted octanol–water partition coefficient (Wildman–Crippen LogP) is 2.85. The Hall–Kier alpha value is -2.82. The van der Waals surface area contributed by atoms with Crippen molar-refractivity contribution in [3.63, 3.8) is 0 Å². The largest absolute Gasteiger partial charge is 0.490 e. The predicted molar refractivity (Wildman–Crippen MR) is 79.5 cm³/mol. The van der Waals surface area contributed by atoms with Crippen LogP contribution in [0.15, 0.2) is 35.9 Å². The van der Waals surface area contributed by atoms with Gasteiger partial charge in [0.1, 0.15) is 11.6 Å². The van der Waals surface area contributed by atoms with E-state index in [4.69, 9.17) is 15.2 Å². The Kier molecular flexibility index (Phi) is 6.98. The molecule has 0 radical (unpaired) electrons. The van der Waals surface area contributed by atoms with Gasteiger partial charge in [-0.15, -0.1) is 0 Å². The first-order chi connectivity index (χ1) is 11.3. The van der Waals surface area contributed by atoms with E-state index in [1.807, 2.05) is 36.4 Å². The zero-order chi connectivity index (χ0) is 18.2. The molecule has 5 nitrogen and oxygen atoms in total. The van der Waals surface area contributed by atoms with Gasteiger partial charge in [-0.05, 0) is 24.5 Å². The van der Waals surface area contributed by atoms with Crippen LogP contribution in [-0.2, 0) is 9.59 Å². The van der Waals surface area contributed by atoms with Gasteiger partial charge in [-0.3, -0.25) is 4.79 Å². The topological polar surface area (TPSA) is 81.4 Å². The molecule has 1 aliphatic rings. The van der Waals surface area contributed by atoms with Crippen molar-refractivity contribution in [3.05, 3.63) is 41.5 Å². The number of hydrogen-bond donors (Lipinski definition) is 1. The van der Waals surface area contributed by atoms with Crippen LogP contribution in [0.1, 0.15) is 18.4 Å². The Morgan fingerprint density at radius 3 is 2.08 bits per heavy atom. The van der Waals surface area contributed by atoms with Gasteiger partial charge in [0.05, 0.1) is 0 Å². The fourth-order valence-corrected chi connectivity index (χ4v) is 1.95. The second-order valence-electron chi connectivity index (χ2n) is 4.88. The number of benzene rings is 1. The molecule has 1 fully saturated rings. The first kappa shape index (κ1) is 19.2. The molecule has 0 aliphatic carbocycles. The van der Waals surface area contributed by atoms with Gasteiger partial charge < -0.3 is 10.0 Å². The number of carboxylic acids is 1. The molecule has 0 bridgehead atoms. The average Bonchev–Trinajstić information content (AvgIpc) is 3.07. The number of amides is 1. The molecular formula is C16H15F3N2O3. The second-order valence-corrected chi connectivity index (χ2v) is 4.88. The summed E-state index contributed by atoms with van der Waals surface area (Å²) in [5.74, 6) is -2.90. The van der Waals surface area contributed by atoms with E-state index >= 15 is 0 Å². The maximum atomic E-state index is 12.0. The average molecular weight is 340 g/mol. The third kappa shape index (κ3) is 6.12. The summed E-state index contributed by atoms with van der Waals surface area (Å²) in [6.45, 7) is 1.54. The summed E-state index contributed by atoms with van der Waals surface area (Å²) < 4.78 is 31.7. The highest BCUT2D eigenvalue weighted by Crippen LogP contribution is 2.14. The number of rotatable bonds is 2. The zero-order valence-electron chi connectivity index (χ0n) is 12.6. The van der Waals surface area contributed by atoms with E-state index in [0.717, 1.165) is 31.5 Å². The minimum absolute atomic E-state index is 0.145. The van der Waals surface area contributed by atoms with E-state index in [9.17, 15) is 18.0 Å². The molecule has 1 aliphatic heterocycles. The summed E-state index contributed by atoms with van der Waals surface area (Å²) in [6, 6.07) is 11.5. The minimum Gasteiger partial charge on any atom is -0.475 e. The summed E-state index contributed by atoms with van der Waals surface area (Å²) in [4.78, 5) is 22.7.